The molecule has 3 amide bonds. The lowest BCUT2D eigenvalue weighted by Gasteiger charge is -2.49. The van der Waals surface area contributed by atoms with E-state index in [4.69, 9.17) is 10.2 Å². The van der Waals surface area contributed by atoms with Gasteiger partial charge in [0, 0.05) is 24.4 Å². The number of thioether (sulfide) groups is 1. The Bertz CT molecular complexity index is 1530. The summed E-state index contributed by atoms with van der Waals surface area (Å²) in [6.45, 7) is 0.232. The highest BCUT2D eigenvalue weighted by Gasteiger charge is 2.55. The van der Waals surface area contributed by atoms with E-state index < -0.39 is 41.0 Å². The molecule has 0 saturated carbocycles. The maximum atomic E-state index is 13.0. The zero-order valence-electron chi connectivity index (χ0n) is 19.5. The molecule has 3 aromatic heterocycles. The molecular weight excluding hydrogens is 524 g/mol. The Balaban J connectivity index is 1.35. The fraction of sp³-hybridized carbons (Fsp3) is 0.238. The number of aliphatic carboxylic acids is 1. The standard InChI is InChI=1S/C21H18N8O8S/c1-23-21(34)37-26-12(15-25-20(22)36-27-15)16(30)24-13-17(31)29-14(19(32)33)10(8-38-18(13)29)7-28-4-2-11-9(6-28)3-5-35-11/h2-6,13,18H,7-8H2,1H3,(H4-,22,23,24,25,27,30,32,33,34)/p+1/t13?,18-/m1/s1. The van der Waals surface area contributed by atoms with Crippen LogP contribution in [0.1, 0.15) is 5.82 Å². The topological polar surface area (TPSA) is 219 Å². The van der Waals surface area contributed by atoms with E-state index in [-0.39, 0.29) is 24.1 Å². The molecule has 38 heavy (non-hydrogen) atoms. The number of amides is 3. The summed E-state index contributed by atoms with van der Waals surface area (Å²) < 4.78 is 11.8. The molecule has 0 radical (unpaired) electrons. The molecule has 2 aliphatic rings. The van der Waals surface area contributed by atoms with Crippen molar-refractivity contribution in [2.24, 2.45) is 5.16 Å². The minimum atomic E-state index is -1.27. The number of hydrogen-bond acceptors (Lipinski definition) is 12. The first-order valence-corrected chi connectivity index (χ1v) is 11.9. The van der Waals surface area contributed by atoms with Gasteiger partial charge < -0.3 is 30.4 Å². The maximum absolute atomic E-state index is 13.0. The first-order valence-electron chi connectivity index (χ1n) is 10.9. The molecule has 17 heteroatoms. The van der Waals surface area contributed by atoms with Crippen LogP contribution in [-0.2, 0) is 25.8 Å². The molecule has 5 heterocycles. The van der Waals surface area contributed by atoms with Crippen LogP contribution in [0.5, 0.6) is 0 Å². The predicted molar refractivity (Wildman–Crippen MR) is 127 cm³/mol. The molecule has 5 rings (SSSR count). The van der Waals surface area contributed by atoms with Crippen LogP contribution in [0.15, 0.2) is 56.2 Å². The minimum absolute atomic E-state index is 0.146. The van der Waals surface area contributed by atoms with E-state index in [1.807, 2.05) is 6.20 Å². The largest absolute Gasteiger partial charge is 0.477 e. The molecule has 5 N–H and O–H groups in total. The van der Waals surface area contributed by atoms with E-state index in [0.29, 0.717) is 16.9 Å². The van der Waals surface area contributed by atoms with Gasteiger partial charge in [-0.05, 0) is 6.07 Å². The number of hydrogen-bond donors (Lipinski definition) is 4. The van der Waals surface area contributed by atoms with E-state index in [1.165, 1.54) is 18.8 Å². The molecular formula is C21H19N8O8S+. The number of furan rings is 1. The van der Waals surface area contributed by atoms with Gasteiger partial charge >= 0.3 is 18.1 Å². The molecule has 0 aliphatic carbocycles. The number of pyridine rings is 1. The summed E-state index contributed by atoms with van der Waals surface area (Å²) in [5.74, 6) is -2.97. The van der Waals surface area contributed by atoms with Gasteiger partial charge in [-0.25, -0.2) is 14.2 Å². The maximum Gasteiger partial charge on any atom is 0.433 e. The number of nitrogen functional groups attached to an aromatic ring is 1. The highest BCUT2D eigenvalue weighted by molar-refractivity contribution is 8.00. The number of rotatable bonds is 7. The average molecular weight is 543 g/mol. The number of nitrogens with two attached hydrogens (primary N) is 1. The second-order valence-electron chi connectivity index (χ2n) is 8.00. The molecule has 3 aromatic rings. The van der Waals surface area contributed by atoms with Crippen LogP contribution in [0.2, 0.25) is 0 Å². The highest BCUT2D eigenvalue weighted by atomic mass is 32.2. The van der Waals surface area contributed by atoms with Crippen LogP contribution >= 0.6 is 11.8 Å². The molecule has 1 unspecified atom stereocenters. The smallest absolute Gasteiger partial charge is 0.433 e. The number of carboxylic acid groups (broad SMARTS) is 1. The monoisotopic (exact) mass is 543 g/mol. The molecule has 0 bridgehead atoms. The number of anilines is 1. The third-order valence-corrected chi connectivity index (χ3v) is 6.99. The SMILES string of the molecule is CNC(=O)ON=C(C(=O)NC1C(=O)N2C(C(=O)O)=C(C[n+]3ccc4occc4c3)CS[C@H]12)c1noc(N)n1. The van der Waals surface area contributed by atoms with Crippen LogP contribution < -0.4 is 20.9 Å². The van der Waals surface area contributed by atoms with Crippen LogP contribution in [0, 0.1) is 0 Å². The fourth-order valence-electron chi connectivity index (χ4n) is 3.94. The normalized spacial score (nSPS) is 19.1. The molecule has 1 fully saturated rings. The van der Waals surface area contributed by atoms with Crippen molar-refractivity contribution >= 4 is 58.3 Å². The summed E-state index contributed by atoms with van der Waals surface area (Å²) >= 11 is 1.29. The van der Waals surface area contributed by atoms with Gasteiger partial charge in [-0.15, -0.1) is 11.8 Å². The number of fused-ring (bicyclic) bond motifs is 2. The molecule has 0 spiro atoms. The van der Waals surface area contributed by atoms with Gasteiger partial charge in [0.15, 0.2) is 18.9 Å². The average Bonchev–Trinajstić information content (AvgIpc) is 3.55. The molecule has 2 aliphatic heterocycles. The Morgan fingerprint density at radius 1 is 1.39 bits per heavy atom. The van der Waals surface area contributed by atoms with Crippen molar-refractivity contribution in [3.63, 3.8) is 0 Å². The fourth-order valence-corrected chi connectivity index (χ4v) is 5.27. The van der Waals surface area contributed by atoms with Crippen LogP contribution in [0.3, 0.4) is 0 Å². The minimum Gasteiger partial charge on any atom is -0.477 e. The Morgan fingerprint density at radius 3 is 2.92 bits per heavy atom. The zero-order valence-corrected chi connectivity index (χ0v) is 20.3. The number of nitrogens with zero attached hydrogens (tertiary/aromatic N) is 5. The van der Waals surface area contributed by atoms with Gasteiger partial charge in [0.25, 0.3) is 11.8 Å². The number of aromatic nitrogens is 3. The lowest BCUT2D eigenvalue weighted by molar-refractivity contribution is -0.687. The first-order chi connectivity index (χ1) is 18.3. The van der Waals surface area contributed by atoms with E-state index in [0.717, 1.165) is 10.3 Å². The summed E-state index contributed by atoms with van der Waals surface area (Å²) in [5.41, 5.74) is 5.89. The second-order valence-corrected chi connectivity index (χ2v) is 9.11. The van der Waals surface area contributed by atoms with Crippen molar-refractivity contribution in [2.75, 3.05) is 18.5 Å². The first kappa shape index (κ1) is 24.8. The van der Waals surface area contributed by atoms with Gasteiger partial charge in [-0.2, -0.15) is 4.98 Å². The van der Waals surface area contributed by atoms with Crippen molar-refractivity contribution < 1.29 is 42.6 Å². The van der Waals surface area contributed by atoms with Crippen molar-refractivity contribution in [1.82, 2.24) is 25.7 Å². The summed E-state index contributed by atoms with van der Waals surface area (Å²) in [6, 6.07) is 2.09. The van der Waals surface area contributed by atoms with Crippen LogP contribution in [0.25, 0.3) is 11.0 Å². The van der Waals surface area contributed by atoms with Gasteiger partial charge in [0.2, 0.25) is 11.5 Å². The second kappa shape index (κ2) is 9.85. The van der Waals surface area contributed by atoms with Gasteiger partial charge in [-0.3, -0.25) is 19.3 Å². The van der Waals surface area contributed by atoms with Crippen molar-refractivity contribution in [2.45, 2.75) is 18.0 Å². The lowest BCUT2D eigenvalue weighted by atomic mass is 10.0. The van der Waals surface area contributed by atoms with Crippen LogP contribution in [-0.4, -0.2) is 74.0 Å². The number of nitrogens with one attached hydrogen (secondary N) is 2. The highest BCUT2D eigenvalue weighted by Crippen LogP contribution is 2.40. The Kier molecular flexibility index (Phi) is 6.41. The summed E-state index contributed by atoms with van der Waals surface area (Å²) in [6.07, 6.45) is 4.14. The number of carboxylic acids is 1. The predicted octanol–water partition coefficient (Wildman–Crippen LogP) is -0.816. The van der Waals surface area contributed by atoms with Gasteiger partial charge in [0.05, 0.1) is 11.6 Å². The quantitative estimate of drug-likeness (QED) is 0.0944. The van der Waals surface area contributed by atoms with Crippen molar-refractivity contribution in [1.29, 1.82) is 0 Å². The van der Waals surface area contributed by atoms with Gasteiger partial charge in [0.1, 0.15) is 22.7 Å². The van der Waals surface area contributed by atoms with Crippen molar-refractivity contribution in [3.05, 3.63) is 47.9 Å². The van der Waals surface area contributed by atoms with E-state index in [1.54, 1.807) is 29.2 Å². The molecule has 196 valence electrons. The molecule has 0 aromatic carbocycles. The molecule has 1 saturated heterocycles. The third kappa shape index (κ3) is 4.49. The Labute approximate surface area is 216 Å². The van der Waals surface area contributed by atoms with E-state index >= 15 is 0 Å². The third-order valence-electron chi connectivity index (χ3n) is 5.65. The summed E-state index contributed by atoms with van der Waals surface area (Å²) in [7, 11) is 1.28. The van der Waals surface area contributed by atoms with Crippen molar-refractivity contribution in [3.8, 4) is 0 Å². The van der Waals surface area contributed by atoms with Gasteiger partial charge in [-0.1, -0.05) is 10.3 Å². The Morgan fingerprint density at radius 2 is 2.21 bits per heavy atom. The van der Waals surface area contributed by atoms with E-state index in [9.17, 15) is 24.3 Å². The summed E-state index contributed by atoms with van der Waals surface area (Å²) in [4.78, 5) is 59.0. The van der Waals surface area contributed by atoms with Crippen LogP contribution in [0.4, 0.5) is 10.8 Å². The zero-order chi connectivity index (χ0) is 27.0. The molecule has 2 atom stereocenters. The van der Waals surface area contributed by atoms with E-state index in [2.05, 4.69) is 35.3 Å². The Hall–Kier alpha value is -4.93. The number of β-lactam (4-membered cyclic amide) rings is 1. The number of oxime groups is 1. The number of carbonyl (C=O) groups excluding carboxylic acids is 3. The number of carbonyl (C=O) groups is 4. The molecule has 16 nitrogen and oxygen atoms in total. The lowest BCUT2D eigenvalue weighted by Crippen LogP contribution is -2.71. The summed E-state index contributed by atoms with van der Waals surface area (Å²) in [5, 5.41) is 21.6.